The summed E-state index contributed by atoms with van der Waals surface area (Å²) in [6.07, 6.45) is -0.641. The van der Waals surface area contributed by atoms with Crippen molar-refractivity contribution in [2.24, 2.45) is 0 Å². The molecule has 0 saturated carbocycles. The van der Waals surface area contributed by atoms with Crippen molar-refractivity contribution in [3.05, 3.63) is 94.0 Å². The number of ketones is 1. The summed E-state index contributed by atoms with van der Waals surface area (Å²) in [4.78, 5) is 53.0. The molecule has 0 atom stereocenters. The number of para-hydroxylation sites is 1. The summed E-state index contributed by atoms with van der Waals surface area (Å²) in [5.41, 5.74) is 2.01. The SMILES string of the molecule is CN(C)C(=O)c1ccc(N(Cc2ccc(Cl)c(Cl)c2)C(=O)CC(=O)C(=O)Nc2ccccc2)cc1. The minimum absolute atomic E-state index is 0.0737. The lowest BCUT2D eigenvalue weighted by atomic mass is 10.1. The van der Waals surface area contributed by atoms with Gasteiger partial charge < -0.3 is 15.1 Å². The molecule has 1 N–H and O–H groups in total. The summed E-state index contributed by atoms with van der Waals surface area (Å²) in [6.45, 7) is 0.0737. The fourth-order valence-corrected chi connectivity index (χ4v) is 3.54. The zero-order chi connectivity index (χ0) is 25.5. The van der Waals surface area contributed by atoms with Crippen LogP contribution >= 0.6 is 23.2 Å². The molecular weight excluding hydrogens is 489 g/mol. The van der Waals surface area contributed by atoms with Gasteiger partial charge in [0.25, 0.3) is 11.8 Å². The molecule has 9 heteroatoms. The Balaban J connectivity index is 1.83. The van der Waals surface area contributed by atoms with Crippen LogP contribution in [0.1, 0.15) is 22.3 Å². The number of halogens is 2. The highest BCUT2D eigenvalue weighted by molar-refractivity contribution is 6.43. The average molecular weight is 512 g/mol. The van der Waals surface area contributed by atoms with Crippen LogP contribution in [0.15, 0.2) is 72.8 Å². The molecule has 7 nitrogen and oxygen atoms in total. The third kappa shape index (κ3) is 6.91. The van der Waals surface area contributed by atoms with Crippen LogP contribution in [0.25, 0.3) is 0 Å². The highest BCUT2D eigenvalue weighted by atomic mass is 35.5. The fraction of sp³-hybridized carbons (Fsp3) is 0.154. The molecule has 3 amide bonds. The number of Topliss-reactive ketones (excluding diaryl/α,β-unsaturated/α-hetero) is 1. The third-order valence-corrected chi connectivity index (χ3v) is 5.79. The second kappa shape index (κ2) is 11.6. The van der Waals surface area contributed by atoms with Crippen molar-refractivity contribution in [1.29, 1.82) is 0 Å². The molecule has 180 valence electrons. The first-order chi connectivity index (χ1) is 16.7. The van der Waals surface area contributed by atoms with Crippen molar-refractivity contribution in [2.75, 3.05) is 24.3 Å². The minimum Gasteiger partial charge on any atom is -0.345 e. The van der Waals surface area contributed by atoms with E-state index in [-0.39, 0.29) is 12.5 Å². The molecule has 3 aromatic carbocycles. The van der Waals surface area contributed by atoms with Crippen LogP contribution in [-0.4, -0.2) is 42.5 Å². The first-order valence-corrected chi connectivity index (χ1v) is 11.4. The molecule has 3 rings (SSSR count). The predicted octanol–water partition coefficient (Wildman–Crippen LogP) is 4.83. The quantitative estimate of drug-likeness (QED) is 0.346. The molecule has 0 heterocycles. The zero-order valence-electron chi connectivity index (χ0n) is 19.1. The van der Waals surface area contributed by atoms with Gasteiger partial charge in [-0.25, -0.2) is 0 Å². The molecule has 0 aromatic heterocycles. The Kier molecular flexibility index (Phi) is 8.63. The third-order valence-electron chi connectivity index (χ3n) is 5.05. The van der Waals surface area contributed by atoms with E-state index in [1.165, 1.54) is 9.80 Å². The van der Waals surface area contributed by atoms with Gasteiger partial charge in [-0.1, -0.05) is 47.5 Å². The van der Waals surface area contributed by atoms with Gasteiger partial charge in [-0.05, 0) is 54.1 Å². The molecule has 0 spiro atoms. The first-order valence-electron chi connectivity index (χ1n) is 10.6. The highest BCUT2D eigenvalue weighted by Crippen LogP contribution is 2.25. The van der Waals surface area contributed by atoms with Crippen LogP contribution in [0.2, 0.25) is 10.0 Å². The van der Waals surface area contributed by atoms with E-state index in [9.17, 15) is 19.2 Å². The van der Waals surface area contributed by atoms with Crippen molar-refractivity contribution in [1.82, 2.24) is 4.90 Å². The molecule has 0 fully saturated rings. The van der Waals surface area contributed by atoms with E-state index in [2.05, 4.69) is 5.32 Å². The summed E-state index contributed by atoms with van der Waals surface area (Å²) in [5, 5.41) is 3.18. The van der Waals surface area contributed by atoms with Gasteiger partial charge in [0.05, 0.1) is 23.0 Å². The van der Waals surface area contributed by atoms with Crippen LogP contribution in [0.3, 0.4) is 0 Å². The van der Waals surface area contributed by atoms with Crippen LogP contribution in [0, 0.1) is 0 Å². The maximum Gasteiger partial charge on any atom is 0.292 e. The van der Waals surface area contributed by atoms with Gasteiger partial charge in [0.15, 0.2) is 0 Å². The Morgan fingerprint density at radius 2 is 1.49 bits per heavy atom. The normalized spacial score (nSPS) is 10.4. The second-order valence-corrected chi connectivity index (χ2v) is 8.71. The van der Waals surface area contributed by atoms with E-state index in [4.69, 9.17) is 23.2 Å². The van der Waals surface area contributed by atoms with Crippen LogP contribution < -0.4 is 10.2 Å². The summed E-state index contributed by atoms with van der Waals surface area (Å²) in [6, 6.07) is 19.8. The number of hydrogen-bond acceptors (Lipinski definition) is 4. The molecule has 0 saturated heterocycles. The highest BCUT2D eigenvalue weighted by Gasteiger charge is 2.24. The largest absolute Gasteiger partial charge is 0.345 e. The number of hydrogen-bond donors (Lipinski definition) is 1. The molecule has 0 radical (unpaired) electrons. The van der Waals surface area contributed by atoms with Crippen LogP contribution in [0.4, 0.5) is 11.4 Å². The average Bonchev–Trinajstić information content (AvgIpc) is 2.84. The Morgan fingerprint density at radius 1 is 0.829 bits per heavy atom. The van der Waals surface area contributed by atoms with Crippen LogP contribution in [0.5, 0.6) is 0 Å². The van der Waals surface area contributed by atoms with Gasteiger partial charge in [-0.2, -0.15) is 0 Å². The van der Waals surface area contributed by atoms with Gasteiger partial charge in [0.1, 0.15) is 0 Å². The number of amides is 3. The minimum atomic E-state index is -0.883. The standard InChI is InChI=1S/C26H23Cl2N3O4/c1-30(2)26(35)18-9-11-20(12-10-18)31(16-17-8-13-21(27)22(28)14-17)24(33)15-23(32)25(34)29-19-6-4-3-5-7-19/h3-14H,15-16H2,1-2H3,(H,29,34). The van der Waals surface area contributed by atoms with Crippen molar-refractivity contribution in [2.45, 2.75) is 13.0 Å². The molecule has 0 unspecified atom stereocenters. The number of carbonyl (C=O) groups excluding carboxylic acids is 4. The van der Waals surface area contributed by atoms with Crippen molar-refractivity contribution in [3.8, 4) is 0 Å². The lowest BCUT2D eigenvalue weighted by Crippen LogP contribution is -2.35. The van der Waals surface area contributed by atoms with Gasteiger partial charge in [0.2, 0.25) is 11.7 Å². The fourth-order valence-electron chi connectivity index (χ4n) is 3.22. The van der Waals surface area contributed by atoms with E-state index in [1.54, 1.807) is 86.9 Å². The lowest BCUT2D eigenvalue weighted by molar-refractivity contribution is -0.137. The van der Waals surface area contributed by atoms with Gasteiger partial charge in [0, 0.05) is 31.0 Å². The van der Waals surface area contributed by atoms with Gasteiger partial charge in [-0.3, -0.25) is 19.2 Å². The monoisotopic (exact) mass is 511 g/mol. The smallest absolute Gasteiger partial charge is 0.292 e. The Hall–Kier alpha value is -3.68. The summed E-state index contributed by atoms with van der Waals surface area (Å²) in [7, 11) is 3.28. The second-order valence-electron chi connectivity index (χ2n) is 7.89. The molecule has 0 bridgehead atoms. The van der Waals surface area contributed by atoms with E-state index in [0.29, 0.717) is 32.5 Å². The molecule has 0 aliphatic carbocycles. The van der Waals surface area contributed by atoms with Crippen LogP contribution in [-0.2, 0) is 20.9 Å². The van der Waals surface area contributed by atoms with E-state index in [1.807, 2.05) is 0 Å². The van der Waals surface area contributed by atoms with Gasteiger partial charge >= 0.3 is 0 Å². The summed E-state index contributed by atoms with van der Waals surface area (Å²) < 4.78 is 0. The molecule has 0 aliphatic rings. The molecule has 0 aliphatic heterocycles. The number of anilines is 2. The summed E-state index contributed by atoms with van der Waals surface area (Å²) in [5.74, 6) is -2.54. The number of carbonyl (C=O) groups is 4. The summed E-state index contributed by atoms with van der Waals surface area (Å²) >= 11 is 12.1. The number of nitrogens with zero attached hydrogens (tertiary/aromatic N) is 2. The van der Waals surface area contributed by atoms with E-state index in [0.717, 1.165) is 0 Å². The predicted molar refractivity (Wildman–Crippen MR) is 137 cm³/mol. The molecule has 35 heavy (non-hydrogen) atoms. The van der Waals surface area contributed by atoms with E-state index < -0.39 is 24.0 Å². The zero-order valence-corrected chi connectivity index (χ0v) is 20.6. The number of rotatable bonds is 8. The number of benzene rings is 3. The topological polar surface area (TPSA) is 86.8 Å². The Bertz CT molecular complexity index is 1250. The van der Waals surface area contributed by atoms with Gasteiger partial charge in [-0.15, -0.1) is 0 Å². The first kappa shape index (κ1) is 25.9. The maximum atomic E-state index is 13.2. The van der Waals surface area contributed by atoms with E-state index >= 15 is 0 Å². The van der Waals surface area contributed by atoms with Crippen molar-refractivity contribution in [3.63, 3.8) is 0 Å². The molecule has 3 aromatic rings. The van der Waals surface area contributed by atoms with Crippen molar-refractivity contribution >= 4 is 58.1 Å². The van der Waals surface area contributed by atoms with Crippen molar-refractivity contribution < 1.29 is 19.2 Å². The maximum absolute atomic E-state index is 13.2. The Labute approximate surface area is 213 Å². The lowest BCUT2D eigenvalue weighted by Gasteiger charge is -2.23. The number of nitrogens with one attached hydrogen (secondary N) is 1. The Morgan fingerprint density at radius 3 is 2.09 bits per heavy atom. The molecular formula is C26H23Cl2N3O4.